The lowest BCUT2D eigenvalue weighted by Crippen LogP contribution is -2.10. The number of thiophene rings is 1. The number of aromatic nitrogens is 1. The number of nitrogens with zero attached hydrogens (tertiary/aromatic N) is 1. The van der Waals surface area contributed by atoms with Crippen molar-refractivity contribution < 1.29 is 9.59 Å². The van der Waals surface area contributed by atoms with Gasteiger partial charge in [0.1, 0.15) is 10.6 Å². The van der Waals surface area contributed by atoms with Crippen molar-refractivity contribution >= 4 is 51.1 Å². The van der Waals surface area contributed by atoms with Crippen LogP contribution in [0, 0.1) is 6.92 Å². The molecule has 0 aromatic carbocycles. The van der Waals surface area contributed by atoms with E-state index in [1.165, 1.54) is 29.6 Å². The predicted octanol–water partition coefficient (Wildman–Crippen LogP) is 3.62. The third-order valence-corrected chi connectivity index (χ3v) is 4.64. The van der Waals surface area contributed by atoms with Gasteiger partial charge >= 0.3 is 0 Å². The molecule has 7 heteroatoms. The lowest BCUT2D eigenvalue weighted by atomic mass is 10.3. The first-order chi connectivity index (χ1) is 8.49. The average Bonchev–Trinajstić information content (AvgIpc) is 2.88. The van der Waals surface area contributed by atoms with Crippen molar-refractivity contribution in [2.45, 2.75) is 13.8 Å². The zero-order chi connectivity index (χ0) is 13.3. The topological polar surface area (TPSA) is 59.1 Å². The first-order valence-corrected chi connectivity index (χ1v) is 7.14. The number of nitrogens with one attached hydrogen (secondary N) is 1. The summed E-state index contributed by atoms with van der Waals surface area (Å²) in [5.74, 6) is -0.431. The number of carbonyl (C=O) groups excluding carboxylic acids is 2. The van der Waals surface area contributed by atoms with Gasteiger partial charge < -0.3 is 0 Å². The van der Waals surface area contributed by atoms with E-state index < -0.39 is 0 Å². The van der Waals surface area contributed by atoms with Gasteiger partial charge in [-0.05, 0) is 17.9 Å². The SMILES string of the molecule is CC(=O)c1csc(NC(=O)c2scc(C)c2Cl)n1. The molecule has 1 N–H and O–H groups in total. The third-order valence-electron chi connectivity index (χ3n) is 2.19. The molecule has 0 saturated carbocycles. The van der Waals surface area contributed by atoms with Crippen molar-refractivity contribution in [1.29, 1.82) is 0 Å². The van der Waals surface area contributed by atoms with E-state index in [0.717, 1.165) is 5.56 Å². The predicted molar refractivity (Wildman–Crippen MR) is 74.1 cm³/mol. The molecule has 2 aromatic rings. The molecule has 0 radical (unpaired) electrons. The summed E-state index contributed by atoms with van der Waals surface area (Å²) in [6, 6.07) is 0. The van der Waals surface area contributed by atoms with Crippen molar-refractivity contribution in [2.75, 3.05) is 5.32 Å². The lowest BCUT2D eigenvalue weighted by Gasteiger charge is -1.99. The first-order valence-electron chi connectivity index (χ1n) is 5.00. The summed E-state index contributed by atoms with van der Waals surface area (Å²) in [5.41, 5.74) is 1.22. The number of halogens is 1. The Morgan fingerprint density at radius 1 is 1.33 bits per heavy atom. The van der Waals surface area contributed by atoms with Crippen LogP contribution in [0.2, 0.25) is 5.02 Å². The van der Waals surface area contributed by atoms with Gasteiger partial charge in [0.25, 0.3) is 5.91 Å². The summed E-state index contributed by atoms with van der Waals surface area (Å²) in [6.45, 7) is 3.27. The van der Waals surface area contributed by atoms with Crippen LogP contribution in [-0.2, 0) is 0 Å². The molecule has 94 valence electrons. The number of carbonyl (C=O) groups is 2. The molecule has 0 fully saturated rings. The summed E-state index contributed by atoms with van der Waals surface area (Å²) in [7, 11) is 0. The number of aryl methyl sites for hydroxylation is 1. The number of hydrogen-bond acceptors (Lipinski definition) is 5. The van der Waals surface area contributed by atoms with Gasteiger partial charge in [0, 0.05) is 12.3 Å². The number of amides is 1. The monoisotopic (exact) mass is 300 g/mol. The highest BCUT2D eigenvalue weighted by Gasteiger charge is 2.16. The lowest BCUT2D eigenvalue weighted by molar-refractivity contribution is 0.100. The van der Waals surface area contributed by atoms with Crippen LogP contribution in [0.25, 0.3) is 0 Å². The highest BCUT2D eigenvalue weighted by atomic mass is 35.5. The van der Waals surface area contributed by atoms with E-state index in [4.69, 9.17) is 11.6 Å². The van der Waals surface area contributed by atoms with Gasteiger partial charge in [-0.15, -0.1) is 22.7 Å². The summed E-state index contributed by atoms with van der Waals surface area (Å²) < 4.78 is 0. The van der Waals surface area contributed by atoms with Crippen LogP contribution in [-0.4, -0.2) is 16.7 Å². The smallest absolute Gasteiger partial charge is 0.269 e. The number of thiazole rings is 1. The van der Waals surface area contributed by atoms with Crippen molar-refractivity contribution in [3.8, 4) is 0 Å². The van der Waals surface area contributed by atoms with Crippen LogP contribution in [0.15, 0.2) is 10.8 Å². The Labute approximate surface area is 117 Å². The van der Waals surface area contributed by atoms with Crippen molar-refractivity contribution in [1.82, 2.24) is 4.98 Å². The quantitative estimate of drug-likeness (QED) is 0.881. The van der Waals surface area contributed by atoms with E-state index in [2.05, 4.69) is 10.3 Å². The number of Topliss-reactive ketones (excluding diaryl/α,β-unsaturated/α-hetero) is 1. The van der Waals surface area contributed by atoms with Gasteiger partial charge in [-0.3, -0.25) is 14.9 Å². The van der Waals surface area contributed by atoms with Gasteiger partial charge in [-0.25, -0.2) is 4.98 Å². The fourth-order valence-corrected chi connectivity index (χ4v) is 3.15. The second-order valence-corrected chi connectivity index (χ2v) is 5.73. The molecule has 0 unspecified atom stereocenters. The van der Waals surface area contributed by atoms with Crippen LogP contribution in [0.1, 0.15) is 32.6 Å². The van der Waals surface area contributed by atoms with Crippen LogP contribution >= 0.6 is 34.3 Å². The Bertz CT molecular complexity index is 618. The molecule has 18 heavy (non-hydrogen) atoms. The fraction of sp³-hybridized carbons (Fsp3) is 0.182. The molecule has 0 aliphatic rings. The molecule has 1 amide bonds. The van der Waals surface area contributed by atoms with Crippen molar-refractivity contribution in [2.24, 2.45) is 0 Å². The minimum Gasteiger partial charge on any atom is -0.297 e. The van der Waals surface area contributed by atoms with E-state index in [0.29, 0.717) is 20.7 Å². The normalized spacial score (nSPS) is 10.4. The maximum Gasteiger partial charge on any atom is 0.269 e. The number of hydrogen-bond donors (Lipinski definition) is 1. The fourth-order valence-electron chi connectivity index (χ4n) is 1.23. The molecule has 0 bridgehead atoms. The van der Waals surface area contributed by atoms with Crippen LogP contribution in [0.4, 0.5) is 5.13 Å². The molecule has 4 nitrogen and oxygen atoms in total. The van der Waals surface area contributed by atoms with Crippen molar-refractivity contribution in [3.63, 3.8) is 0 Å². The first kappa shape index (κ1) is 13.2. The summed E-state index contributed by atoms with van der Waals surface area (Å²) >= 11 is 8.50. The van der Waals surface area contributed by atoms with Crippen LogP contribution in [0.5, 0.6) is 0 Å². The van der Waals surface area contributed by atoms with Gasteiger partial charge in [0.05, 0.1) is 5.02 Å². The average molecular weight is 301 g/mol. The van der Waals surface area contributed by atoms with E-state index in [-0.39, 0.29) is 11.7 Å². The highest BCUT2D eigenvalue weighted by Crippen LogP contribution is 2.28. The van der Waals surface area contributed by atoms with Gasteiger partial charge in [-0.1, -0.05) is 11.6 Å². The van der Waals surface area contributed by atoms with Gasteiger partial charge in [0.15, 0.2) is 10.9 Å². The molecule has 0 aliphatic carbocycles. The number of rotatable bonds is 3. The van der Waals surface area contributed by atoms with E-state index in [9.17, 15) is 9.59 Å². The highest BCUT2D eigenvalue weighted by molar-refractivity contribution is 7.15. The number of ketones is 1. The molecule has 2 heterocycles. The molecule has 0 saturated heterocycles. The molecule has 2 rings (SSSR count). The molecular weight excluding hydrogens is 292 g/mol. The zero-order valence-electron chi connectivity index (χ0n) is 9.61. The van der Waals surface area contributed by atoms with Crippen LogP contribution in [0.3, 0.4) is 0 Å². The van der Waals surface area contributed by atoms with E-state index in [1.807, 2.05) is 12.3 Å². The molecule has 2 aromatic heterocycles. The Balaban J connectivity index is 2.16. The molecular formula is C11H9ClN2O2S2. The second kappa shape index (κ2) is 5.17. The van der Waals surface area contributed by atoms with E-state index >= 15 is 0 Å². The standard InChI is InChI=1S/C11H9ClN2O2S2/c1-5-3-17-9(8(5)12)10(16)14-11-13-7(4-18-11)6(2)15/h3-4H,1-2H3,(H,13,14,16). The molecule has 0 spiro atoms. The maximum absolute atomic E-state index is 11.9. The van der Waals surface area contributed by atoms with Gasteiger partial charge in [-0.2, -0.15) is 0 Å². The maximum atomic E-state index is 11.9. The molecule has 0 aliphatic heterocycles. The van der Waals surface area contributed by atoms with Crippen LogP contribution < -0.4 is 5.32 Å². The molecule has 0 atom stereocenters. The second-order valence-electron chi connectivity index (χ2n) is 3.61. The Morgan fingerprint density at radius 2 is 2.06 bits per heavy atom. The number of anilines is 1. The zero-order valence-corrected chi connectivity index (χ0v) is 12.0. The third kappa shape index (κ3) is 2.60. The van der Waals surface area contributed by atoms with E-state index in [1.54, 1.807) is 5.38 Å². The van der Waals surface area contributed by atoms with Gasteiger partial charge in [0.2, 0.25) is 0 Å². The Morgan fingerprint density at radius 3 is 2.56 bits per heavy atom. The summed E-state index contributed by atoms with van der Waals surface area (Å²) in [6.07, 6.45) is 0. The minimum atomic E-state index is -0.303. The Hall–Kier alpha value is -1.24. The summed E-state index contributed by atoms with van der Waals surface area (Å²) in [4.78, 5) is 27.5. The van der Waals surface area contributed by atoms with Crippen molar-refractivity contribution in [3.05, 3.63) is 31.9 Å². The largest absolute Gasteiger partial charge is 0.297 e. The minimum absolute atomic E-state index is 0.128. The Kier molecular flexibility index (Phi) is 3.79. The summed E-state index contributed by atoms with van der Waals surface area (Å²) in [5, 5.41) is 6.91.